The number of aliphatic hydroxyl groups is 1. The number of ether oxygens (including phenoxy) is 2. The lowest BCUT2D eigenvalue weighted by Crippen LogP contribution is -2.40. The van der Waals surface area contributed by atoms with Gasteiger partial charge in [0.2, 0.25) is 0 Å². The first-order valence-corrected chi connectivity index (χ1v) is 5.91. The third kappa shape index (κ3) is 2.97. The highest BCUT2D eigenvalue weighted by Gasteiger charge is 2.21. The van der Waals surface area contributed by atoms with E-state index in [1.165, 1.54) is 0 Å². The highest BCUT2D eigenvalue weighted by Crippen LogP contribution is 2.24. The summed E-state index contributed by atoms with van der Waals surface area (Å²) < 4.78 is 10.5. The van der Waals surface area contributed by atoms with Gasteiger partial charge in [0.25, 0.3) is 0 Å². The molecule has 1 unspecified atom stereocenters. The second kappa shape index (κ2) is 6.00. The molecule has 1 aromatic carbocycles. The van der Waals surface area contributed by atoms with Gasteiger partial charge >= 0.3 is 0 Å². The lowest BCUT2D eigenvalue weighted by Gasteiger charge is -2.33. The third-order valence-corrected chi connectivity index (χ3v) is 3.14. The van der Waals surface area contributed by atoms with E-state index < -0.39 is 0 Å². The molecule has 1 aliphatic heterocycles. The number of hydrogen-bond acceptors (Lipinski definition) is 4. The molecule has 1 saturated heterocycles. The average Bonchev–Trinajstić information content (AvgIpc) is 2.41. The van der Waals surface area contributed by atoms with Crippen LogP contribution < -0.4 is 4.74 Å². The summed E-state index contributed by atoms with van der Waals surface area (Å²) in [5.41, 5.74) is 1.09. The molecule has 1 fully saturated rings. The Kier molecular flexibility index (Phi) is 4.36. The maximum atomic E-state index is 9.57. The SMILES string of the molecule is COc1cccc(C(CO)N2CCOCC2)c1. The number of benzene rings is 1. The molecule has 1 atom stereocenters. The number of methoxy groups -OCH3 is 1. The summed E-state index contributed by atoms with van der Waals surface area (Å²) in [6.07, 6.45) is 0. The second-order valence-electron chi connectivity index (χ2n) is 4.12. The molecule has 4 heteroatoms. The van der Waals surface area contributed by atoms with Crippen LogP contribution in [0.25, 0.3) is 0 Å². The van der Waals surface area contributed by atoms with Gasteiger partial charge in [0, 0.05) is 13.1 Å². The first-order chi connectivity index (χ1) is 8.35. The van der Waals surface area contributed by atoms with Crippen molar-refractivity contribution in [1.82, 2.24) is 4.90 Å². The minimum Gasteiger partial charge on any atom is -0.497 e. The van der Waals surface area contributed by atoms with Crippen LogP contribution in [-0.4, -0.2) is 50.0 Å². The largest absolute Gasteiger partial charge is 0.497 e. The van der Waals surface area contributed by atoms with Crippen molar-refractivity contribution in [3.8, 4) is 5.75 Å². The second-order valence-corrected chi connectivity index (χ2v) is 4.12. The highest BCUT2D eigenvalue weighted by molar-refractivity contribution is 5.30. The molecule has 1 N–H and O–H groups in total. The zero-order chi connectivity index (χ0) is 12.1. The fourth-order valence-corrected chi connectivity index (χ4v) is 2.17. The van der Waals surface area contributed by atoms with E-state index in [4.69, 9.17) is 9.47 Å². The van der Waals surface area contributed by atoms with Gasteiger partial charge in [0.1, 0.15) is 5.75 Å². The minimum atomic E-state index is 0.0361. The van der Waals surface area contributed by atoms with Crippen molar-refractivity contribution in [1.29, 1.82) is 0 Å². The monoisotopic (exact) mass is 237 g/mol. The molecule has 2 rings (SSSR count). The normalized spacial score (nSPS) is 18.9. The Morgan fingerprint density at radius 2 is 2.18 bits per heavy atom. The Morgan fingerprint density at radius 1 is 1.41 bits per heavy atom. The first kappa shape index (κ1) is 12.4. The molecule has 0 bridgehead atoms. The predicted octanol–water partition coefficient (Wildman–Crippen LogP) is 1.06. The smallest absolute Gasteiger partial charge is 0.119 e. The fraction of sp³-hybridized carbons (Fsp3) is 0.538. The van der Waals surface area contributed by atoms with Crippen molar-refractivity contribution in [3.63, 3.8) is 0 Å². The van der Waals surface area contributed by atoms with E-state index >= 15 is 0 Å². The Hall–Kier alpha value is -1.10. The van der Waals surface area contributed by atoms with Crippen molar-refractivity contribution >= 4 is 0 Å². The molecule has 0 aromatic heterocycles. The maximum absolute atomic E-state index is 9.57. The van der Waals surface area contributed by atoms with E-state index in [0.29, 0.717) is 0 Å². The van der Waals surface area contributed by atoms with Gasteiger partial charge in [-0.2, -0.15) is 0 Å². The van der Waals surface area contributed by atoms with Gasteiger partial charge in [-0.1, -0.05) is 12.1 Å². The Balaban J connectivity index is 2.15. The zero-order valence-corrected chi connectivity index (χ0v) is 10.1. The quantitative estimate of drug-likeness (QED) is 0.850. The molecular formula is C13H19NO3. The zero-order valence-electron chi connectivity index (χ0n) is 10.1. The van der Waals surface area contributed by atoms with Crippen LogP contribution in [-0.2, 0) is 4.74 Å². The molecule has 0 aliphatic carbocycles. The molecule has 1 heterocycles. The van der Waals surface area contributed by atoms with E-state index in [1.54, 1.807) is 7.11 Å². The molecule has 1 aliphatic rings. The minimum absolute atomic E-state index is 0.0361. The number of morpholine rings is 1. The average molecular weight is 237 g/mol. The van der Waals surface area contributed by atoms with Crippen LogP contribution in [0, 0.1) is 0 Å². The van der Waals surface area contributed by atoms with Gasteiger partial charge in [-0.05, 0) is 17.7 Å². The lowest BCUT2D eigenvalue weighted by atomic mass is 10.1. The molecule has 0 spiro atoms. The van der Waals surface area contributed by atoms with Crippen LogP contribution >= 0.6 is 0 Å². The summed E-state index contributed by atoms with van der Waals surface area (Å²) in [7, 11) is 1.65. The number of rotatable bonds is 4. The third-order valence-electron chi connectivity index (χ3n) is 3.14. The first-order valence-electron chi connectivity index (χ1n) is 5.91. The molecular weight excluding hydrogens is 218 g/mol. The Labute approximate surface area is 102 Å². The Morgan fingerprint density at radius 3 is 2.82 bits per heavy atom. The topological polar surface area (TPSA) is 41.9 Å². The van der Waals surface area contributed by atoms with E-state index in [0.717, 1.165) is 37.6 Å². The van der Waals surface area contributed by atoms with Crippen LogP contribution in [0.15, 0.2) is 24.3 Å². The van der Waals surface area contributed by atoms with E-state index in [9.17, 15) is 5.11 Å². The summed E-state index contributed by atoms with van der Waals surface area (Å²) in [6, 6.07) is 7.91. The van der Waals surface area contributed by atoms with Crippen molar-refractivity contribution in [3.05, 3.63) is 29.8 Å². The lowest BCUT2D eigenvalue weighted by molar-refractivity contribution is 0.00256. The van der Waals surface area contributed by atoms with Crippen LogP contribution in [0.3, 0.4) is 0 Å². The van der Waals surface area contributed by atoms with Gasteiger partial charge < -0.3 is 14.6 Å². The van der Waals surface area contributed by atoms with Crippen LogP contribution in [0.1, 0.15) is 11.6 Å². The van der Waals surface area contributed by atoms with Gasteiger partial charge in [0.05, 0.1) is 33.0 Å². The van der Waals surface area contributed by atoms with E-state index in [1.807, 2.05) is 24.3 Å². The number of hydrogen-bond donors (Lipinski definition) is 1. The molecule has 1 aromatic rings. The van der Waals surface area contributed by atoms with Crippen LogP contribution in [0.2, 0.25) is 0 Å². The molecule has 94 valence electrons. The Bertz CT molecular complexity index is 350. The van der Waals surface area contributed by atoms with Crippen molar-refractivity contribution < 1.29 is 14.6 Å². The van der Waals surface area contributed by atoms with E-state index in [-0.39, 0.29) is 12.6 Å². The molecule has 4 nitrogen and oxygen atoms in total. The van der Waals surface area contributed by atoms with Crippen molar-refractivity contribution in [2.45, 2.75) is 6.04 Å². The summed E-state index contributed by atoms with van der Waals surface area (Å²) >= 11 is 0. The molecule has 17 heavy (non-hydrogen) atoms. The van der Waals surface area contributed by atoms with Crippen LogP contribution in [0.5, 0.6) is 5.75 Å². The molecule has 0 amide bonds. The van der Waals surface area contributed by atoms with Gasteiger partial charge in [0.15, 0.2) is 0 Å². The van der Waals surface area contributed by atoms with Crippen LogP contribution in [0.4, 0.5) is 0 Å². The summed E-state index contributed by atoms with van der Waals surface area (Å²) in [5, 5.41) is 9.57. The molecule has 0 radical (unpaired) electrons. The summed E-state index contributed by atoms with van der Waals surface area (Å²) in [6.45, 7) is 3.32. The highest BCUT2D eigenvalue weighted by atomic mass is 16.5. The van der Waals surface area contributed by atoms with Gasteiger partial charge in [-0.25, -0.2) is 0 Å². The fourth-order valence-electron chi connectivity index (χ4n) is 2.17. The summed E-state index contributed by atoms with van der Waals surface area (Å²) in [5.74, 6) is 0.828. The van der Waals surface area contributed by atoms with Gasteiger partial charge in [-0.3, -0.25) is 4.90 Å². The number of aliphatic hydroxyl groups excluding tert-OH is 1. The number of nitrogens with zero attached hydrogens (tertiary/aromatic N) is 1. The van der Waals surface area contributed by atoms with Gasteiger partial charge in [-0.15, -0.1) is 0 Å². The summed E-state index contributed by atoms with van der Waals surface area (Å²) in [4.78, 5) is 2.25. The van der Waals surface area contributed by atoms with Crippen molar-refractivity contribution in [2.24, 2.45) is 0 Å². The molecule has 0 saturated carbocycles. The standard InChI is InChI=1S/C13H19NO3/c1-16-12-4-2-3-11(9-12)13(10-15)14-5-7-17-8-6-14/h2-4,9,13,15H,5-8,10H2,1H3. The van der Waals surface area contributed by atoms with E-state index in [2.05, 4.69) is 4.90 Å². The van der Waals surface area contributed by atoms with Crippen molar-refractivity contribution in [2.75, 3.05) is 40.0 Å². The maximum Gasteiger partial charge on any atom is 0.119 e. The predicted molar refractivity (Wildman–Crippen MR) is 65.2 cm³/mol.